The van der Waals surface area contributed by atoms with E-state index >= 15 is 0 Å². The van der Waals surface area contributed by atoms with Crippen LogP contribution in [0, 0.1) is 20.1 Å². The van der Waals surface area contributed by atoms with Gasteiger partial charge < -0.3 is 18.6 Å². The van der Waals surface area contributed by atoms with E-state index in [1.165, 1.54) is 20.9 Å². The fraction of sp³-hybridized carbons (Fsp3) is 0.677. The number of nitrogens with zero attached hydrogens (tertiary/aromatic N) is 2. The molecule has 0 amide bonds. The van der Waals surface area contributed by atoms with E-state index < -0.39 is 0 Å². The predicted octanol–water partition coefficient (Wildman–Crippen LogP) is 9.36. The molecule has 4 heterocycles. The van der Waals surface area contributed by atoms with Gasteiger partial charge in [0.15, 0.2) is 0 Å². The normalized spacial score (nSPS) is 15.0. The number of aromatic nitrogens is 2. The molecular formula is C31H46N2O2S6. The second-order valence-electron chi connectivity index (χ2n) is 12.7. The summed E-state index contributed by atoms with van der Waals surface area (Å²) in [5, 5.41) is 2.12. The number of fused-ring (bicyclic) bond motifs is 2. The molecule has 0 saturated carbocycles. The third-order valence-electron chi connectivity index (χ3n) is 8.35. The summed E-state index contributed by atoms with van der Waals surface area (Å²) in [7, 11) is 0. The van der Waals surface area contributed by atoms with Crippen molar-refractivity contribution in [3.63, 3.8) is 0 Å². The lowest BCUT2D eigenvalue weighted by Crippen LogP contribution is -2.19. The van der Waals surface area contributed by atoms with Crippen molar-refractivity contribution < 1.29 is 9.47 Å². The predicted molar refractivity (Wildman–Crippen MR) is 186 cm³/mol. The number of thiol groups is 2. The van der Waals surface area contributed by atoms with E-state index in [0.29, 0.717) is 0 Å². The Labute approximate surface area is 277 Å². The molecule has 2 aliphatic rings. The zero-order chi connectivity index (χ0) is 29.6. The van der Waals surface area contributed by atoms with Crippen LogP contribution in [0.25, 0.3) is 0 Å². The van der Waals surface area contributed by atoms with Crippen molar-refractivity contribution >= 4 is 73.2 Å². The maximum atomic E-state index is 5.97. The van der Waals surface area contributed by atoms with Gasteiger partial charge >= 0.3 is 0 Å². The number of pyridine rings is 2. The summed E-state index contributed by atoms with van der Waals surface area (Å²) < 4.78 is 18.2. The first-order valence-electron chi connectivity index (χ1n) is 14.8. The second-order valence-corrected chi connectivity index (χ2v) is 16.7. The molecule has 0 radical (unpaired) electrons. The highest BCUT2D eigenvalue weighted by atomic mass is 32.2. The van der Waals surface area contributed by atoms with Gasteiger partial charge in [0.05, 0.1) is 10.1 Å². The van der Waals surface area contributed by atoms with Crippen molar-refractivity contribution in [2.75, 3.05) is 37.9 Å². The highest BCUT2D eigenvalue weighted by molar-refractivity contribution is 8.00. The van der Waals surface area contributed by atoms with Gasteiger partial charge in [0.1, 0.15) is 9.28 Å². The van der Waals surface area contributed by atoms with E-state index in [-0.39, 0.29) is 10.8 Å². The van der Waals surface area contributed by atoms with Gasteiger partial charge in [0, 0.05) is 60.8 Å². The van der Waals surface area contributed by atoms with Gasteiger partial charge in [0.2, 0.25) is 0 Å². The van der Waals surface area contributed by atoms with E-state index in [1.807, 2.05) is 23.5 Å². The third-order valence-corrected chi connectivity index (χ3v) is 12.2. The molecule has 0 atom stereocenters. The molecule has 0 unspecified atom stereocenters. The summed E-state index contributed by atoms with van der Waals surface area (Å²) in [6.45, 7) is 14.1. The Morgan fingerprint density at radius 2 is 1.12 bits per heavy atom. The first kappa shape index (κ1) is 33.9. The Bertz CT molecular complexity index is 1220. The van der Waals surface area contributed by atoms with E-state index in [9.17, 15) is 0 Å². The quantitative estimate of drug-likeness (QED) is 0.105. The van der Waals surface area contributed by atoms with Gasteiger partial charge in [-0.3, -0.25) is 0 Å². The van der Waals surface area contributed by atoms with Crippen LogP contribution in [0.2, 0.25) is 0 Å². The molecular weight excluding hydrogens is 625 g/mol. The molecule has 2 aromatic rings. The highest BCUT2D eigenvalue weighted by Crippen LogP contribution is 2.37. The minimum atomic E-state index is 0.182. The summed E-state index contributed by atoms with van der Waals surface area (Å²) in [6.07, 6.45) is 7.27. The molecule has 10 heteroatoms. The number of hydrogen-bond donors (Lipinski definition) is 2. The molecule has 41 heavy (non-hydrogen) atoms. The first-order valence-corrected chi connectivity index (χ1v) is 18.5. The lowest BCUT2D eigenvalue weighted by molar-refractivity contribution is 0.0582. The fourth-order valence-corrected chi connectivity index (χ4v) is 9.34. The summed E-state index contributed by atoms with van der Waals surface area (Å²) >= 11 is 24.8. The standard InChI is InChI=1S/C31H46N2O2S6/c1-30(2,8-12-32-26(36)20-24-22(28(32)38)6-18-40-24)10-16-34-14-5-15-35-17-11-31(3,4)9-13-33-27(37)21-25-23(29(33)39)7-19-41-25/h20-21,38-39H,5-19H2,1-4H3. The smallest absolute Gasteiger partial charge is 0.107 e. The Morgan fingerprint density at radius 1 is 0.707 bits per heavy atom. The van der Waals surface area contributed by atoms with Crippen LogP contribution in [0.3, 0.4) is 0 Å². The van der Waals surface area contributed by atoms with Crippen molar-refractivity contribution in [1.29, 1.82) is 0 Å². The zero-order valence-electron chi connectivity index (χ0n) is 25.0. The van der Waals surface area contributed by atoms with Crippen LogP contribution < -0.4 is 0 Å². The summed E-state index contributed by atoms with van der Waals surface area (Å²) in [4.78, 5) is 2.64. The third kappa shape index (κ3) is 9.52. The van der Waals surface area contributed by atoms with E-state index in [1.54, 1.807) is 0 Å². The van der Waals surface area contributed by atoms with Gasteiger partial charge in [-0.1, -0.05) is 52.1 Å². The summed E-state index contributed by atoms with van der Waals surface area (Å²) in [6, 6.07) is 4.31. The number of hydrogen-bond acceptors (Lipinski definition) is 8. The van der Waals surface area contributed by atoms with E-state index in [0.717, 1.165) is 115 Å². The van der Waals surface area contributed by atoms with Crippen molar-refractivity contribution in [3.05, 3.63) is 32.5 Å². The largest absolute Gasteiger partial charge is 0.381 e. The maximum absolute atomic E-state index is 5.97. The second kappa shape index (κ2) is 15.4. The molecule has 0 spiro atoms. The molecule has 2 aliphatic heterocycles. The molecule has 228 valence electrons. The molecule has 0 N–H and O–H groups in total. The van der Waals surface area contributed by atoms with Crippen LogP contribution in [0.5, 0.6) is 0 Å². The summed E-state index contributed by atoms with van der Waals surface area (Å²) in [5.74, 6) is 2.27. The van der Waals surface area contributed by atoms with Crippen LogP contribution in [-0.2, 0) is 35.4 Å². The van der Waals surface area contributed by atoms with E-state index in [2.05, 4.69) is 49.0 Å². The molecule has 0 aliphatic carbocycles. The highest BCUT2D eigenvalue weighted by Gasteiger charge is 2.23. The Hall–Kier alpha value is 0.0600. The maximum Gasteiger partial charge on any atom is 0.107 e. The fourth-order valence-electron chi connectivity index (χ4n) is 5.24. The summed E-state index contributed by atoms with van der Waals surface area (Å²) in [5.41, 5.74) is 3.10. The number of ether oxygens (including phenoxy) is 2. The molecule has 4 rings (SSSR count). The average Bonchev–Trinajstić information content (AvgIpc) is 3.57. The zero-order valence-corrected chi connectivity index (χ0v) is 30.1. The van der Waals surface area contributed by atoms with Crippen molar-refractivity contribution in [3.8, 4) is 0 Å². The van der Waals surface area contributed by atoms with Crippen LogP contribution in [-0.4, -0.2) is 47.1 Å². The minimum Gasteiger partial charge on any atom is -0.381 e. The Morgan fingerprint density at radius 3 is 1.54 bits per heavy atom. The van der Waals surface area contributed by atoms with Gasteiger partial charge in [0.25, 0.3) is 0 Å². The first-order chi connectivity index (χ1) is 19.5. The molecule has 4 nitrogen and oxygen atoms in total. The van der Waals surface area contributed by atoms with Gasteiger partial charge in [-0.2, -0.15) is 0 Å². The van der Waals surface area contributed by atoms with Crippen LogP contribution in [0.15, 0.2) is 32.0 Å². The lowest BCUT2D eigenvalue weighted by atomic mass is 9.86. The number of rotatable bonds is 16. The van der Waals surface area contributed by atoms with Gasteiger partial charge in [-0.15, -0.1) is 48.8 Å². The van der Waals surface area contributed by atoms with Crippen LogP contribution in [0.4, 0.5) is 0 Å². The van der Waals surface area contributed by atoms with Gasteiger partial charge in [-0.05, 0) is 79.0 Å². The van der Waals surface area contributed by atoms with Crippen molar-refractivity contribution in [1.82, 2.24) is 9.13 Å². The Kier molecular flexibility index (Phi) is 12.7. The van der Waals surface area contributed by atoms with Gasteiger partial charge in [-0.25, -0.2) is 0 Å². The molecule has 2 aromatic heterocycles. The average molecular weight is 671 g/mol. The molecule has 0 saturated heterocycles. The van der Waals surface area contributed by atoms with Crippen molar-refractivity contribution in [2.45, 2.75) is 106 Å². The van der Waals surface area contributed by atoms with Crippen LogP contribution >= 0.6 is 73.2 Å². The Balaban J connectivity index is 1.07. The molecule has 0 fully saturated rings. The number of thioether (sulfide) groups is 2. The molecule has 0 bridgehead atoms. The monoisotopic (exact) mass is 670 g/mol. The minimum absolute atomic E-state index is 0.182. The van der Waals surface area contributed by atoms with Crippen LogP contribution in [0.1, 0.15) is 70.9 Å². The molecule has 0 aromatic carbocycles. The van der Waals surface area contributed by atoms with Crippen molar-refractivity contribution in [2.24, 2.45) is 10.8 Å². The van der Waals surface area contributed by atoms with E-state index in [4.69, 9.17) is 59.2 Å². The lowest BCUT2D eigenvalue weighted by Gasteiger charge is -2.26. The topological polar surface area (TPSA) is 28.3 Å². The SMILES string of the molecule is CC(C)(CCOCCCOCCC(C)(C)CCn1c(S)c2c(cc1=S)SCC2)CCn1c(S)c2c(cc1=S)SCC2.